The van der Waals surface area contributed by atoms with E-state index in [0.717, 1.165) is 11.8 Å². The van der Waals surface area contributed by atoms with Gasteiger partial charge in [0.15, 0.2) is 6.61 Å². The Balaban J connectivity index is 1.99. The summed E-state index contributed by atoms with van der Waals surface area (Å²) in [6.07, 6.45) is 1.12. The van der Waals surface area contributed by atoms with Crippen LogP contribution in [-0.4, -0.2) is 22.5 Å². The maximum atomic E-state index is 11.7. The lowest BCUT2D eigenvalue weighted by Gasteiger charge is -2.09. The van der Waals surface area contributed by atoms with E-state index in [9.17, 15) is 14.4 Å². The van der Waals surface area contributed by atoms with Crippen molar-refractivity contribution >= 4 is 23.2 Å². The van der Waals surface area contributed by atoms with Crippen LogP contribution >= 0.6 is 11.6 Å². The number of aromatic amines is 2. The summed E-state index contributed by atoms with van der Waals surface area (Å²) in [5.74, 6) is -0.00757. The van der Waals surface area contributed by atoms with Gasteiger partial charge in [0.25, 0.3) is 11.5 Å². The molecule has 3 N–H and O–H groups in total. The van der Waals surface area contributed by atoms with Gasteiger partial charge in [0.05, 0.1) is 0 Å². The molecule has 1 amide bonds. The maximum absolute atomic E-state index is 11.7. The van der Waals surface area contributed by atoms with E-state index in [-0.39, 0.29) is 12.3 Å². The molecule has 8 heteroatoms. The van der Waals surface area contributed by atoms with Crippen LogP contribution < -0.4 is 21.3 Å². The monoisotopic (exact) mass is 309 g/mol. The van der Waals surface area contributed by atoms with Gasteiger partial charge in [0.1, 0.15) is 11.4 Å². The minimum absolute atomic E-state index is 0.0592. The SMILES string of the molecule is Cc1cc(Cl)ccc1OCC(=O)Nc1c[nH]c(=O)[nH]c1=O. The molecular weight excluding hydrogens is 298 g/mol. The van der Waals surface area contributed by atoms with Crippen LogP contribution in [0.4, 0.5) is 5.69 Å². The first-order valence-electron chi connectivity index (χ1n) is 5.96. The maximum Gasteiger partial charge on any atom is 0.325 e. The Bertz CT molecular complexity index is 781. The molecule has 7 nitrogen and oxygen atoms in total. The lowest BCUT2D eigenvalue weighted by atomic mass is 10.2. The average Bonchev–Trinajstić information content (AvgIpc) is 2.41. The highest BCUT2D eigenvalue weighted by atomic mass is 35.5. The van der Waals surface area contributed by atoms with Crippen molar-refractivity contribution < 1.29 is 9.53 Å². The zero-order valence-electron chi connectivity index (χ0n) is 11.0. The summed E-state index contributed by atoms with van der Waals surface area (Å²) < 4.78 is 5.33. The largest absolute Gasteiger partial charge is 0.483 e. The first-order chi connectivity index (χ1) is 9.95. The molecule has 0 aliphatic rings. The molecule has 0 atom stereocenters. The fraction of sp³-hybridized carbons (Fsp3) is 0.154. The molecule has 1 heterocycles. The molecule has 0 saturated heterocycles. The van der Waals surface area contributed by atoms with Gasteiger partial charge in [-0.05, 0) is 30.7 Å². The van der Waals surface area contributed by atoms with E-state index in [1.807, 2.05) is 4.98 Å². The molecule has 0 fully saturated rings. The lowest BCUT2D eigenvalue weighted by molar-refractivity contribution is -0.118. The molecule has 0 aliphatic carbocycles. The average molecular weight is 310 g/mol. The van der Waals surface area contributed by atoms with Gasteiger partial charge < -0.3 is 15.0 Å². The topological polar surface area (TPSA) is 104 Å². The number of carbonyl (C=O) groups is 1. The molecule has 0 spiro atoms. The Hall–Kier alpha value is -2.54. The molecular formula is C13H12ClN3O4. The lowest BCUT2D eigenvalue weighted by Crippen LogP contribution is -2.28. The number of hydrogen-bond acceptors (Lipinski definition) is 4. The van der Waals surface area contributed by atoms with Gasteiger partial charge in [0.2, 0.25) is 0 Å². The fourth-order valence-corrected chi connectivity index (χ4v) is 1.83. The fourth-order valence-electron chi connectivity index (χ4n) is 1.61. The van der Waals surface area contributed by atoms with Gasteiger partial charge in [-0.2, -0.15) is 0 Å². The van der Waals surface area contributed by atoms with Crippen molar-refractivity contribution in [1.82, 2.24) is 9.97 Å². The summed E-state index contributed by atoms with van der Waals surface area (Å²) in [5, 5.41) is 2.91. The van der Waals surface area contributed by atoms with Crippen molar-refractivity contribution in [2.45, 2.75) is 6.92 Å². The number of ether oxygens (including phenoxy) is 1. The van der Waals surface area contributed by atoms with Crippen LogP contribution in [0.1, 0.15) is 5.56 Å². The first-order valence-corrected chi connectivity index (χ1v) is 6.34. The Morgan fingerprint density at radius 2 is 2.14 bits per heavy atom. The Labute approximate surface area is 123 Å². The molecule has 0 aliphatic heterocycles. The van der Waals surface area contributed by atoms with Crippen LogP contribution in [0.2, 0.25) is 5.02 Å². The Morgan fingerprint density at radius 3 is 2.81 bits per heavy atom. The minimum Gasteiger partial charge on any atom is -0.483 e. The van der Waals surface area contributed by atoms with Gasteiger partial charge >= 0.3 is 5.69 Å². The van der Waals surface area contributed by atoms with E-state index in [2.05, 4.69) is 10.3 Å². The molecule has 2 aromatic rings. The van der Waals surface area contributed by atoms with Crippen molar-refractivity contribution in [3.8, 4) is 5.75 Å². The highest BCUT2D eigenvalue weighted by Gasteiger charge is 2.08. The van der Waals surface area contributed by atoms with Crippen molar-refractivity contribution in [2.24, 2.45) is 0 Å². The van der Waals surface area contributed by atoms with Gasteiger partial charge in [-0.25, -0.2) is 4.79 Å². The van der Waals surface area contributed by atoms with Crippen molar-refractivity contribution in [3.63, 3.8) is 0 Å². The number of anilines is 1. The summed E-state index contributed by atoms with van der Waals surface area (Å²) in [6, 6.07) is 5.01. The first kappa shape index (κ1) is 14.9. The van der Waals surface area contributed by atoms with Gasteiger partial charge in [-0.1, -0.05) is 11.6 Å². The van der Waals surface area contributed by atoms with E-state index in [0.29, 0.717) is 10.8 Å². The van der Waals surface area contributed by atoms with Crippen LogP contribution in [0.25, 0.3) is 0 Å². The molecule has 0 unspecified atom stereocenters. The number of halogens is 1. The minimum atomic E-state index is -0.685. The third-order valence-electron chi connectivity index (χ3n) is 2.59. The van der Waals surface area contributed by atoms with Crippen LogP contribution in [0, 0.1) is 6.92 Å². The number of hydrogen-bond donors (Lipinski definition) is 3. The Morgan fingerprint density at radius 1 is 1.38 bits per heavy atom. The van der Waals surface area contributed by atoms with Crippen molar-refractivity contribution in [1.29, 1.82) is 0 Å². The molecule has 2 rings (SSSR count). The predicted octanol–water partition coefficient (Wildman–Crippen LogP) is 1.04. The van der Waals surface area contributed by atoms with Crippen LogP contribution in [-0.2, 0) is 4.79 Å². The van der Waals surface area contributed by atoms with Crippen LogP contribution in [0.5, 0.6) is 5.75 Å². The van der Waals surface area contributed by atoms with E-state index in [1.54, 1.807) is 25.1 Å². The van der Waals surface area contributed by atoms with Crippen LogP contribution in [0.3, 0.4) is 0 Å². The normalized spacial score (nSPS) is 10.2. The number of aryl methyl sites for hydroxylation is 1. The Kier molecular flexibility index (Phi) is 4.44. The van der Waals surface area contributed by atoms with Gasteiger partial charge in [-0.15, -0.1) is 0 Å². The van der Waals surface area contributed by atoms with Gasteiger partial charge in [-0.3, -0.25) is 14.6 Å². The number of carbonyl (C=O) groups excluding carboxylic acids is 1. The van der Waals surface area contributed by atoms with Crippen molar-refractivity contribution in [3.05, 3.63) is 55.8 Å². The van der Waals surface area contributed by atoms with Crippen molar-refractivity contribution in [2.75, 3.05) is 11.9 Å². The second-order valence-electron chi connectivity index (χ2n) is 4.23. The summed E-state index contributed by atoms with van der Waals surface area (Å²) in [4.78, 5) is 38.2. The molecule has 0 saturated carbocycles. The molecule has 21 heavy (non-hydrogen) atoms. The predicted molar refractivity (Wildman–Crippen MR) is 78.0 cm³/mol. The molecule has 110 valence electrons. The number of rotatable bonds is 4. The number of amides is 1. The molecule has 0 radical (unpaired) electrons. The number of nitrogens with one attached hydrogen (secondary N) is 3. The number of benzene rings is 1. The van der Waals surface area contributed by atoms with E-state index >= 15 is 0 Å². The van der Waals surface area contributed by atoms with E-state index < -0.39 is 17.2 Å². The molecule has 1 aromatic heterocycles. The third kappa shape index (κ3) is 3.96. The van der Waals surface area contributed by atoms with Gasteiger partial charge in [0, 0.05) is 11.2 Å². The summed E-state index contributed by atoms with van der Waals surface area (Å²) in [7, 11) is 0. The summed E-state index contributed by atoms with van der Waals surface area (Å²) >= 11 is 5.82. The van der Waals surface area contributed by atoms with E-state index in [1.165, 1.54) is 0 Å². The number of aromatic nitrogens is 2. The smallest absolute Gasteiger partial charge is 0.325 e. The summed E-state index contributed by atoms with van der Waals surface area (Å²) in [5.41, 5.74) is -0.603. The quantitative estimate of drug-likeness (QED) is 0.785. The zero-order valence-corrected chi connectivity index (χ0v) is 11.8. The summed E-state index contributed by atoms with van der Waals surface area (Å²) in [6.45, 7) is 1.52. The number of H-pyrrole nitrogens is 2. The highest BCUT2D eigenvalue weighted by molar-refractivity contribution is 6.30. The standard InChI is InChI=1S/C13H12ClN3O4/c1-7-4-8(14)2-3-10(7)21-6-11(18)16-9-5-15-13(20)17-12(9)19/h2-5H,6H2,1H3,(H,16,18)(H2,15,17,19,20). The molecule has 0 bridgehead atoms. The zero-order chi connectivity index (χ0) is 15.4. The second-order valence-corrected chi connectivity index (χ2v) is 4.67. The molecule has 1 aromatic carbocycles. The second kappa shape index (κ2) is 6.27. The van der Waals surface area contributed by atoms with E-state index in [4.69, 9.17) is 16.3 Å². The third-order valence-corrected chi connectivity index (χ3v) is 2.82. The highest BCUT2D eigenvalue weighted by Crippen LogP contribution is 2.21. The van der Waals surface area contributed by atoms with Crippen LogP contribution in [0.15, 0.2) is 34.0 Å².